The fourth-order valence-corrected chi connectivity index (χ4v) is 1.08. The lowest BCUT2D eigenvalue weighted by Crippen LogP contribution is -2.10. The van der Waals surface area contributed by atoms with E-state index in [0.717, 1.165) is 0 Å². The summed E-state index contributed by atoms with van der Waals surface area (Å²) >= 11 is 0. The largest absolute Gasteiger partial charge is 0.477 e. The molecule has 72 valence electrons. The van der Waals surface area contributed by atoms with Gasteiger partial charge in [-0.15, -0.1) is 6.42 Å². The Hall–Kier alpha value is -1.75. The summed E-state index contributed by atoms with van der Waals surface area (Å²) in [7, 11) is 0. The lowest BCUT2D eigenvalue weighted by molar-refractivity contribution is 0.101. The topological polar surface area (TPSA) is 26.3 Å². The van der Waals surface area contributed by atoms with E-state index in [4.69, 9.17) is 11.2 Å². The number of carbonyl (C=O) groups excluding carboxylic acids is 1. The maximum absolute atomic E-state index is 11.2. The number of hydrogen-bond acceptors (Lipinski definition) is 2. The number of ether oxygens (including phenoxy) is 1. The highest BCUT2D eigenvalue weighted by Gasteiger charge is 2.08. The van der Waals surface area contributed by atoms with Gasteiger partial charge in [0.25, 0.3) is 0 Å². The van der Waals surface area contributed by atoms with Gasteiger partial charge in [-0.25, -0.2) is 0 Å². The van der Waals surface area contributed by atoms with Gasteiger partial charge in [-0.1, -0.05) is 18.1 Å². The van der Waals surface area contributed by atoms with Gasteiger partial charge >= 0.3 is 0 Å². The maximum atomic E-state index is 11.2. The molecule has 0 bridgehead atoms. The summed E-state index contributed by atoms with van der Waals surface area (Å²) in [6, 6.07) is 7.07. The summed E-state index contributed by atoms with van der Waals surface area (Å²) in [5.74, 6) is 2.97. The van der Waals surface area contributed by atoms with Crippen molar-refractivity contribution in [2.45, 2.75) is 20.0 Å². The molecule has 1 atom stereocenters. The minimum absolute atomic E-state index is 0.0233. The predicted molar refractivity (Wildman–Crippen MR) is 55.4 cm³/mol. The third-order valence-corrected chi connectivity index (χ3v) is 1.80. The highest BCUT2D eigenvalue weighted by Crippen LogP contribution is 2.19. The monoisotopic (exact) mass is 188 g/mol. The van der Waals surface area contributed by atoms with Crippen LogP contribution in [0.3, 0.4) is 0 Å². The van der Waals surface area contributed by atoms with E-state index in [1.165, 1.54) is 6.92 Å². The zero-order valence-corrected chi connectivity index (χ0v) is 8.28. The van der Waals surface area contributed by atoms with Crippen LogP contribution >= 0.6 is 0 Å². The van der Waals surface area contributed by atoms with Crippen molar-refractivity contribution in [3.05, 3.63) is 29.8 Å². The van der Waals surface area contributed by atoms with Crippen LogP contribution in [0.4, 0.5) is 0 Å². The van der Waals surface area contributed by atoms with E-state index < -0.39 is 0 Å². The molecule has 2 nitrogen and oxygen atoms in total. The van der Waals surface area contributed by atoms with Gasteiger partial charge in [0.1, 0.15) is 5.75 Å². The van der Waals surface area contributed by atoms with Crippen LogP contribution in [0.25, 0.3) is 0 Å². The van der Waals surface area contributed by atoms with Gasteiger partial charge in [-0.2, -0.15) is 0 Å². The third kappa shape index (κ3) is 2.37. The van der Waals surface area contributed by atoms with Crippen LogP contribution in [0.1, 0.15) is 24.2 Å². The Balaban J connectivity index is 2.97. The summed E-state index contributed by atoms with van der Waals surface area (Å²) in [6.07, 6.45) is 4.86. The average molecular weight is 188 g/mol. The molecule has 0 N–H and O–H groups in total. The van der Waals surface area contributed by atoms with E-state index in [0.29, 0.717) is 11.3 Å². The molecule has 0 spiro atoms. The molecule has 0 aliphatic heterocycles. The molecule has 1 aromatic carbocycles. The molecule has 0 fully saturated rings. The SMILES string of the molecule is C#CC(C)Oc1ccccc1C(C)=O. The van der Waals surface area contributed by atoms with Crippen LogP contribution in [-0.2, 0) is 0 Å². The number of carbonyl (C=O) groups is 1. The van der Waals surface area contributed by atoms with Crippen molar-refractivity contribution < 1.29 is 9.53 Å². The van der Waals surface area contributed by atoms with Crippen molar-refractivity contribution in [2.75, 3.05) is 0 Å². The van der Waals surface area contributed by atoms with Crippen molar-refractivity contribution in [3.63, 3.8) is 0 Å². The minimum Gasteiger partial charge on any atom is -0.477 e. The predicted octanol–water partition coefficient (Wildman–Crippen LogP) is 2.29. The van der Waals surface area contributed by atoms with Crippen LogP contribution in [0.5, 0.6) is 5.75 Å². The fraction of sp³-hybridized carbons (Fsp3) is 0.250. The second-order valence-corrected chi connectivity index (χ2v) is 2.98. The highest BCUT2D eigenvalue weighted by molar-refractivity contribution is 5.96. The van der Waals surface area contributed by atoms with Crippen molar-refractivity contribution in [1.82, 2.24) is 0 Å². The summed E-state index contributed by atoms with van der Waals surface area (Å²) in [5, 5.41) is 0. The first-order chi connectivity index (χ1) is 6.65. The summed E-state index contributed by atoms with van der Waals surface area (Å²) in [4.78, 5) is 11.2. The Morgan fingerprint density at radius 2 is 2.14 bits per heavy atom. The van der Waals surface area contributed by atoms with E-state index in [9.17, 15) is 4.79 Å². The van der Waals surface area contributed by atoms with Crippen LogP contribution in [-0.4, -0.2) is 11.9 Å². The molecule has 0 saturated heterocycles. The molecule has 1 rings (SSSR count). The first kappa shape index (κ1) is 10.3. The van der Waals surface area contributed by atoms with Gasteiger partial charge < -0.3 is 4.74 Å². The zero-order chi connectivity index (χ0) is 10.6. The molecule has 0 aromatic heterocycles. The van der Waals surface area contributed by atoms with Gasteiger partial charge in [0.2, 0.25) is 0 Å². The third-order valence-electron chi connectivity index (χ3n) is 1.80. The van der Waals surface area contributed by atoms with Crippen LogP contribution in [0.15, 0.2) is 24.3 Å². The second-order valence-electron chi connectivity index (χ2n) is 2.98. The second kappa shape index (κ2) is 4.48. The zero-order valence-electron chi connectivity index (χ0n) is 8.28. The van der Waals surface area contributed by atoms with E-state index in [-0.39, 0.29) is 11.9 Å². The van der Waals surface area contributed by atoms with Gasteiger partial charge in [-0.3, -0.25) is 4.79 Å². The standard InChI is InChI=1S/C12H12O2/c1-4-9(2)14-12-8-6-5-7-11(12)10(3)13/h1,5-9H,2-3H3. The smallest absolute Gasteiger partial charge is 0.163 e. The molecule has 2 heteroatoms. The van der Waals surface area contributed by atoms with Crippen LogP contribution in [0.2, 0.25) is 0 Å². The lowest BCUT2D eigenvalue weighted by Gasteiger charge is -2.11. The van der Waals surface area contributed by atoms with Gasteiger partial charge in [0.05, 0.1) is 5.56 Å². The molecule has 0 heterocycles. The highest BCUT2D eigenvalue weighted by atomic mass is 16.5. The molecule has 0 amide bonds. The number of hydrogen-bond donors (Lipinski definition) is 0. The molecule has 1 aromatic rings. The summed E-state index contributed by atoms with van der Waals surface area (Å²) in [6.45, 7) is 3.26. The quantitative estimate of drug-likeness (QED) is 0.537. The number of benzene rings is 1. The fourth-order valence-electron chi connectivity index (χ4n) is 1.08. The Kier molecular flexibility index (Phi) is 3.30. The average Bonchev–Trinajstić information content (AvgIpc) is 2.18. The van der Waals surface area contributed by atoms with Crippen molar-refractivity contribution in [3.8, 4) is 18.1 Å². The van der Waals surface area contributed by atoms with E-state index in [2.05, 4.69) is 5.92 Å². The molecular weight excluding hydrogens is 176 g/mol. The molecule has 0 aliphatic carbocycles. The normalized spacial score (nSPS) is 11.5. The van der Waals surface area contributed by atoms with Crippen molar-refractivity contribution in [1.29, 1.82) is 0 Å². The first-order valence-corrected chi connectivity index (χ1v) is 4.38. The molecule has 1 unspecified atom stereocenters. The maximum Gasteiger partial charge on any atom is 0.163 e. The van der Waals surface area contributed by atoms with Crippen molar-refractivity contribution >= 4 is 5.78 Å². The van der Waals surface area contributed by atoms with Crippen LogP contribution < -0.4 is 4.74 Å². The number of ketones is 1. The summed E-state index contributed by atoms with van der Waals surface area (Å²) < 4.78 is 5.40. The van der Waals surface area contributed by atoms with Crippen molar-refractivity contribution in [2.24, 2.45) is 0 Å². The van der Waals surface area contributed by atoms with E-state index in [1.807, 2.05) is 6.07 Å². The number of Topliss-reactive ketones (excluding diaryl/α,β-unsaturated/α-hetero) is 1. The molecular formula is C12H12O2. The number of para-hydroxylation sites is 1. The Morgan fingerprint density at radius 1 is 1.50 bits per heavy atom. The number of rotatable bonds is 3. The van der Waals surface area contributed by atoms with E-state index >= 15 is 0 Å². The van der Waals surface area contributed by atoms with E-state index in [1.54, 1.807) is 25.1 Å². The first-order valence-electron chi connectivity index (χ1n) is 4.38. The van der Waals surface area contributed by atoms with Gasteiger partial charge in [0, 0.05) is 0 Å². The Bertz CT molecular complexity index is 374. The summed E-state index contributed by atoms with van der Waals surface area (Å²) in [5.41, 5.74) is 0.564. The minimum atomic E-state index is -0.324. The molecule has 0 radical (unpaired) electrons. The molecule has 0 saturated carbocycles. The van der Waals surface area contributed by atoms with Gasteiger partial charge in [-0.05, 0) is 26.0 Å². The number of terminal acetylenes is 1. The Labute approximate surface area is 83.9 Å². The Morgan fingerprint density at radius 3 is 2.71 bits per heavy atom. The molecule has 0 aliphatic rings. The van der Waals surface area contributed by atoms with Gasteiger partial charge in [0.15, 0.2) is 11.9 Å². The van der Waals surface area contributed by atoms with Crippen LogP contribution in [0, 0.1) is 12.3 Å². The molecule has 14 heavy (non-hydrogen) atoms. The lowest BCUT2D eigenvalue weighted by atomic mass is 10.1.